The average Bonchev–Trinajstić information content (AvgIpc) is 2.83. The number of nitriles is 1. The van der Waals surface area contributed by atoms with Crippen molar-refractivity contribution in [3.8, 4) is 11.8 Å². The van der Waals surface area contributed by atoms with Gasteiger partial charge in [0.1, 0.15) is 24.0 Å². The number of β-amino-alcohol motifs (C(OH)–C–C–N with tert-alkyl or cyclic N) is 1. The van der Waals surface area contributed by atoms with Gasteiger partial charge in [-0.1, -0.05) is 32.9 Å². The highest BCUT2D eigenvalue weighted by atomic mass is 16.5. The average molecular weight is 399 g/mol. The molecule has 3 amide bonds. The second-order valence-electron chi connectivity index (χ2n) is 9.23. The molecule has 1 saturated heterocycles. The van der Waals surface area contributed by atoms with Gasteiger partial charge in [0.05, 0.1) is 19.0 Å². The summed E-state index contributed by atoms with van der Waals surface area (Å²) in [6, 6.07) is 8.67. The van der Waals surface area contributed by atoms with Crippen molar-refractivity contribution in [1.82, 2.24) is 10.2 Å². The molecule has 2 N–H and O–H groups in total. The Labute approximate surface area is 171 Å². The summed E-state index contributed by atoms with van der Waals surface area (Å²) in [5.41, 5.74) is -0.0134. The van der Waals surface area contributed by atoms with E-state index in [1.165, 1.54) is 0 Å². The van der Waals surface area contributed by atoms with Gasteiger partial charge in [-0.25, -0.2) is 4.79 Å². The summed E-state index contributed by atoms with van der Waals surface area (Å²) in [4.78, 5) is 26.7. The van der Waals surface area contributed by atoms with Crippen molar-refractivity contribution >= 4 is 11.9 Å². The number of nitrogens with one attached hydrogen (secondary N) is 1. The first-order chi connectivity index (χ1) is 13.6. The first-order valence-electron chi connectivity index (χ1n) is 10.0. The first-order valence-corrected chi connectivity index (χ1v) is 10.0. The zero-order valence-electron chi connectivity index (χ0n) is 17.3. The van der Waals surface area contributed by atoms with Crippen molar-refractivity contribution in [1.29, 1.82) is 5.26 Å². The minimum Gasteiger partial charge on any atom is -0.491 e. The van der Waals surface area contributed by atoms with Crippen LogP contribution in [0.15, 0.2) is 24.3 Å². The third-order valence-electron chi connectivity index (χ3n) is 5.67. The molecule has 1 aromatic rings. The van der Waals surface area contributed by atoms with E-state index in [1.807, 2.05) is 0 Å². The van der Waals surface area contributed by atoms with Gasteiger partial charge in [-0.2, -0.15) is 5.26 Å². The normalized spacial score (nSPS) is 26.9. The van der Waals surface area contributed by atoms with E-state index in [-0.39, 0.29) is 24.5 Å². The summed E-state index contributed by atoms with van der Waals surface area (Å²) in [7, 11) is 0. The molecule has 7 heteroatoms. The zero-order chi connectivity index (χ0) is 21.2. The highest BCUT2D eigenvalue weighted by molar-refractivity contribution is 6.07. The molecule has 2 aliphatic rings. The molecule has 3 rings (SSSR count). The van der Waals surface area contributed by atoms with Crippen molar-refractivity contribution in [2.24, 2.45) is 11.3 Å². The highest BCUT2D eigenvalue weighted by Crippen LogP contribution is 2.46. The Morgan fingerprint density at radius 2 is 2.00 bits per heavy atom. The number of imide groups is 1. The van der Waals surface area contributed by atoms with Gasteiger partial charge in [-0.3, -0.25) is 9.69 Å². The number of aliphatic hydroxyl groups excluding tert-OH is 1. The fourth-order valence-electron chi connectivity index (χ4n) is 4.92. The maximum atomic E-state index is 13.1. The zero-order valence-corrected chi connectivity index (χ0v) is 17.3. The number of nitrogens with zero attached hydrogens (tertiary/aromatic N) is 2. The number of amides is 3. The number of carbonyl (C=O) groups excluding carboxylic acids is 2. The van der Waals surface area contributed by atoms with Crippen LogP contribution in [0.3, 0.4) is 0 Å². The molecular weight excluding hydrogens is 370 g/mol. The maximum Gasteiger partial charge on any atom is 0.325 e. The number of rotatable bonds is 6. The standard InChI is InChI=1S/C22H29N3O4/c1-15-10-21(2,3)14-22(11-15)19(27)25(20(28)24-22)12-17(26)13-29-18-6-4-16(5-7-18)8-9-23/h4-7,15,17,26H,8,10-14H2,1-3H3,(H,24,28). The lowest BCUT2D eigenvalue weighted by Gasteiger charge is -2.43. The second-order valence-corrected chi connectivity index (χ2v) is 9.23. The molecule has 29 heavy (non-hydrogen) atoms. The first kappa shape index (κ1) is 21.1. The number of benzene rings is 1. The van der Waals surface area contributed by atoms with E-state index in [2.05, 4.69) is 32.2 Å². The lowest BCUT2D eigenvalue weighted by Crippen LogP contribution is -2.54. The van der Waals surface area contributed by atoms with Gasteiger partial charge in [0, 0.05) is 0 Å². The Bertz CT molecular complexity index is 814. The summed E-state index contributed by atoms with van der Waals surface area (Å²) in [6.07, 6.45) is 1.58. The predicted octanol–water partition coefficient (Wildman–Crippen LogP) is 2.63. The van der Waals surface area contributed by atoms with Crippen molar-refractivity contribution in [3.63, 3.8) is 0 Å². The van der Waals surface area contributed by atoms with E-state index in [0.717, 1.165) is 16.9 Å². The Morgan fingerprint density at radius 3 is 2.62 bits per heavy atom. The molecule has 2 fully saturated rings. The summed E-state index contributed by atoms with van der Waals surface area (Å²) in [5.74, 6) is 0.643. The predicted molar refractivity (Wildman–Crippen MR) is 107 cm³/mol. The SMILES string of the molecule is CC1CC(C)(C)CC2(C1)NC(=O)N(CC(O)COc1ccc(CC#N)cc1)C2=O. The summed E-state index contributed by atoms with van der Waals surface area (Å²) < 4.78 is 5.57. The molecule has 1 saturated carbocycles. The van der Waals surface area contributed by atoms with Gasteiger partial charge in [0.15, 0.2) is 0 Å². The van der Waals surface area contributed by atoms with Crippen LogP contribution in [0.5, 0.6) is 5.75 Å². The molecule has 1 aliphatic carbocycles. The van der Waals surface area contributed by atoms with Gasteiger partial charge >= 0.3 is 6.03 Å². The van der Waals surface area contributed by atoms with Crippen molar-refractivity contribution < 1.29 is 19.4 Å². The molecule has 1 spiro atoms. The fourth-order valence-corrected chi connectivity index (χ4v) is 4.92. The number of urea groups is 1. The van der Waals surface area contributed by atoms with Crippen molar-refractivity contribution in [3.05, 3.63) is 29.8 Å². The van der Waals surface area contributed by atoms with E-state index < -0.39 is 17.7 Å². The number of aliphatic hydroxyl groups is 1. The molecule has 7 nitrogen and oxygen atoms in total. The van der Waals surface area contributed by atoms with Gasteiger partial charge in [-0.05, 0) is 48.3 Å². The Balaban J connectivity index is 1.59. The highest BCUT2D eigenvalue weighted by Gasteiger charge is 2.56. The van der Waals surface area contributed by atoms with E-state index in [9.17, 15) is 14.7 Å². The molecule has 3 unspecified atom stereocenters. The smallest absolute Gasteiger partial charge is 0.325 e. The van der Waals surface area contributed by atoms with Gasteiger partial charge < -0.3 is 15.2 Å². The molecule has 1 heterocycles. The summed E-state index contributed by atoms with van der Waals surface area (Å²) in [6.45, 7) is 6.21. The Kier molecular flexibility index (Phi) is 5.85. The molecule has 0 aromatic heterocycles. The number of ether oxygens (including phenoxy) is 1. The van der Waals surface area contributed by atoms with Crippen LogP contribution >= 0.6 is 0 Å². The number of hydrogen-bond acceptors (Lipinski definition) is 5. The van der Waals surface area contributed by atoms with Crippen LogP contribution in [0.1, 0.15) is 45.6 Å². The molecular formula is C22H29N3O4. The molecule has 0 bridgehead atoms. The number of hydrogen-bond donors (Lipinski definition) is 2. The van der Waals surface area contributed by atoms with Crippen LogP contribution in [0.4, 0.5) is 4.79 Å². The molecule has 3 atom stereocenters. The van der Waals surface area contributed by atoms with Crippen LogP contribution in [0.2, 0.25) is 0 Å². The van der Waals surface area contributed by atoms with Crippen LogP contribution in [0.25, 0.3) is 0 Å². The van der Waals surface area contributed by atoms with E-state index in [1.54, 1.807) is 24.3 Å². The molecule has 156 valence electrons. The lowest BCUT2D eigenvalue weighted by molar-refractivity contribution is -0.135. The Hall–Kier alpha value is -2.59. The fraction of sp³-hybridized carbons (Fsp3) is 0.591. The van der Waals surface area contributed by atoms with Crippen LogP contribution in [-0.2, 0) is 11.2 Å². The van der Waals surface area contributed by atoms with Crippen LogP contribution < -0.4 is 10.1 Å². The van der Waals surface area contributed by atoms with Gasteiger partial charge in [-0.15, -0.1) is 0 Å². The number of carbonyl (C=O) groups is 2. The minimum atomic E-state index is -0.993. The molecule has 1 aromatic carbocycles. The third-order valence-corrected chi connectivity index (χ3v) is 5.67. The van der Waals surface area contributed by atoms with Crippen LogP contribution in [0, 0.1) is 22.7 Å². The summed E-state index contributed by atoms with van der Waals surface area (Å²) >= 11 is 0. The third kappa shape index (κ3) is 4.70. The quantitative estimate of drug-likeness (QED) is 0.716. The molecule has 1 aliphatic heterocycles. The summed E-state index contributed by atoms with van der Waals surface area (Å²) in [5, 5.41) is 22.0. The van der Waals surface area contributed by atoms with Gasteiger partial charge in [0.25, 0.3) is 5.91 Å². The Morgan fingerprint density at radius 1 is 1.31 bits per heavy atom. The van der Waals surface area contributed by atoms with E-state index >= 15 is 0 Å². The second kappa shape index (κ2) is 8.03. The monoisotopic (exact) mass is 399 g/mol. The largest absolute Gasteiger partial charge is 0.491 e. The van der Waals surface area contributed by atoms with E-state index in [0.29, 0.717) is 30.9 Å². The van der Waals surface area contributed by atoms with Gasteiger partial charge in [0.2, 0.25) is 0 Å². The van der Waals surface area contributed by atoms with Crippen LogP contribution in [-0.4, -0.2) is 46.7 Å². The maximum absolute atomic E-state index is 13.1. The minimum absolute atomic E-state index is 0.0317. The topological polar surface area (TPSA) is 103 Å². The molecule has 0 radical (unpaired) electrons. The lowest BCUT2D eigenvalue weighted by atomic mass is 9.64. The van der Waals surface area contributed by atoms with E-state index in [4.69, 9.17) is 10.00 Å². The van der Waals surface area contributed by atoms with Crippen molar-refractivity contribution in [2.75, 3.05) is 13.2 Å². The van der Waals surface area contributed by atoms with Crippen molar-refractivity contribution in [2.45, 2.75) is 58.1 Å².